The fourth-order valence-corrected chi connectivity index (χ4v) is 3.36. The van der Waals surface area contributed by atoms with Crippen LogP contribution < -0.4 is 10.6 Å². The molecule has 0 aliphatic rings. The molecule has 5 nitrogen and oxygen atoms in total. The number of para-hydroxylation sites is 1. The van der Waals surface area contributed by atoms with Crippen molar-refractivity contribution in [3.05, 3.63) is 65.7 Å². The molecule has 128 valence electrons. The highest BCUT2D eigenvalue weighted by atomic mass is 32.2. The molecule has 24 heavy (non-hydrogen) atoms. The molecule has 0 aliphatic heterocycles. The Morgan fingerprint density at radius 2 is 1.67 bits per heavy atom. The fraction of sp³-hybridized carbons (Fsp3) is 0.278. The molecule has 0 bridgehead atoms. The molecule has 0 radical (unpaired) electrons. The highest BCUT2D eigenvalue weighted by Gasteiger charge is 2.20. The highest BCUT2D eigenvalue weighted by molar-refractivity contribution is 7.90. The zero-order valence-electron chi connectivity index (χ0n) is 13.8. The maximum absolute atomic E-state index is 12.3. The van der Waals surface area contributed by atoms with Gasteiger partial charge in [0.2, 0.25) is 0 Å². The molecule has 0 unspecified atom stereocenters. The van der Waals surface area contributed by atoms with Crippen LogP contribution in [-0.4, -0.2) is 26.5 Å². The SMILES string of the molecule is CCc1ccccc1NC(=O)N[C@@H](CS(C)(=O)=O)c1ccccc1. The quantitative estimate of drug-likeness (QED) is 0.844. The maximum Gasteiger partial charge on any atom is 0.319 e. The van der Waals surface area contributed by atoms with Gasteiger partial charge in [-0.15, -0.1) is 0 Å². The number of carbonyl (C=O) groups is 1. The Morgan fingerprint density at radius 1 is 1.04 bits per heavy atom. The molecule has 6 heteroatoms. The van der Waals surface area contributed by atoms with Crippen LogP contribution in [0.4, 0.5) is 10.5 Å². The number of sulfone groups is 1. The minimum atomic E-state index is -3.25. The predicted octanol–water partition coefficient (Wildman–Crippen LogP) is 3.16. The summed E-state index contributed by atoms with van der Waals surface area (Å²) in [7, 11) is -3.25. The zero-order chi connectivity index (χ0) is 17.6. The number of hydrogen-bond acceptors (Lipinski definition) is 3. The first kappa shape index (κ1) is 18.0. The van der Waals surface area contributed by atoms with E-state index in [0.29, 0.717) is 0 Å². The van der Waals surface area contributed by atoms with E-state index in [1.807, 2.05) is 49.4 Å². The van der Waals surface area contributed by atoms with Gasteiger partial charge in [-0.3, -0.25) is 0 Å². The lowest BCUT2D eigenvalue weighted by Gasteiger charge is -2.19. The average Bonchev–Trinajstić information content (AvgIpc) is 2.54. The first-order chi connectivity index (χ1) is 11.4. The van der Waals surface area contributed by atoms with E-state index < -0.39 is 21.9 Å². The van der Waals surface area contributed by atoms with E-state index in [2.05, 4.69) is 10.6 Å². The van der Waals surface area contributed by atoms with Gasteiger partial charge in [-0.1, -0.05) is 55.5 Å². The summed E-state index contributed by atoms with van der Waals surface area (Å²) < 4.78 is 23.4. The molecule has 0 saturated heterocycles. The van der Waals surface area contributed by atoms with Crippen LogP contribution in [0.25, 0.3) is 0 Å². The molecule has 2 aromatic carbocycles. The summed E-state index contributed by atoms with van der Waals surface area (Å²) in [5, 5.41) is 5.56. The molecular formula is C18H22N2O3S. The van der Waals surface area contributed by atoms with Gasteiger partial charge < -0.3 is 10.6 Å². The normalized spacial score (nSPS) is 12.4. The van der Waals surface area contributed by atoms with Crippen LogP contribution in [-0.2, 0) is 16.3 Å². The van der Waals surface area contributed by atoms with Gasteiger partial charge in [0.05, 0.1) is 11.8 Å². The Hall–Kier alpha value is -2.34. The number of rotatable bonds is 6. The van der Waals surface area contributed by atoms with Crippen LogP contribution in [0.3, 0.4) is 0 Å². The molecule has 2 amide bonds. The van der Waals surface area contributed by atoms with Crippen LogP contribution in [0, 0.1) is 0 Å². The van der Waals surface area contributed by atoms with Crippen LogP contribution in [0.1, 0.15) is 24.1 Å². The lowest BCUT2D eigenvalue weighted by atomic mass is 10.1. The van der Waals surface area contributed by atoms with Gasteiger partial charge in [-0.05, 0) is 23.6 Å². The average molecular weight is 346 g/mol. The largest absolute Gasteiger partial charge is 0.330 e. The second-order valence-corrected chi connectivity index (χ2v) is 7.85. The number of carbonyl (C=O) groups excluding carboxylic acids is 1. The van der Waals surface area contributed by atoms with Crippen molar-refractivity contribution in [1.82, 2.24) is 5.32 Å². The van der Waals surface area contributed by atoms with E-state index in [-0.39, 0.29) is 5.75 Å². The second kappa shape index (κ2) is 7.97. The van der Waals surface area contributed by atoms with E-state index in [9.17, 15) is 13.2 Å². The van der Waals surface area contributed by atoms with Crippen molar-refractivity contribution >= 4 is 21.6 Å². The van der Waals surface area contributed by atoms with Crippen LogP contribution in [0.15, 0.2) is 54.6 Å². The van der Waals surface area contributed by atoms with Crippen molar-refractivity contribution in [3.8, 4) is 0 Å². The van der Waals surface area contributed by atoms with Gasteiger partial charge in [-0.2, -0.15) is 0 Å². The van der Waals surface area contributed by atoms with E-state index in [4.69, 9.17) is 0 Å². The summed E-state index contributed by atoms with van der Waals surface area (Å²) in [6.45, 7) is 2.01. The van der Waals surface area contributed by atoms with Crippen molar-refractivity contribution in [2.45, 2.75) is 19.4 Å². The van der Waals surface area contributed by atoms with Gasteiger partial charge in [-0.25, -0.2) is 13.2 Å². The molecule has 0 fully saturated rings. The summed E-state index contributed by atoms with van der Waals surface area (Å²) in [5.74, 6) is -0.153. The molecule has 1 atom stereocenters. The highest BCUT2D eigenvalue weighted by Crippen LogP contribution is 2.17. The molecule has 0 spiro atoms. The molecule has 0 aromatic heterocycles. The van der Waals surface area contributed by atoms with Crippen molar-refractivity contribution in [1.29, 1.82) is 0 Å². The van der Waals surface area contributed by atoms with Gasteiger partial charge in [0.25, 0.3) is 0 Å². The number of anilines is 1. The third-order valence-corrected chi connectivity index (χ3v) is 4.56. The third-order valence-electron chi connectivity index (χ3n) is 3.62. The van der Waals surface area contributed by atoms with Gasteiger partial charge in [0.15, 0.2) is 0 Å². The smallest absolute Gasteiger partial charge is 0.319 e. The van der Waals surface area contributed by atoms with Crippen LogP contribution >= 0.6 is 0 Å². The van der Waals surface area contributed by atoms with Gasteiger partial charge in [0, 0.05) is 11.9 Å². The number of benzene rings is 2. The topological polar surface area (TPSA) is 75.3 Å². The molecule has 0 heterocycles. The minimum absolute atomic E-state index is 0.153. The molecule has 0 saturated carbocycles. The standard InChI is InChI=1S/C18H22N2O3S/c1-3-14-9-7-8-12-16(14)19-18(21)20-17(13-24(2,22)23)15-10-5-4-6-11-15/h4-12,17H,3,13H2,1-2H3,(H2,19,20,21)/t17-/m0/s1. The summed E-state index contributed by atoms with van der Waals surface area (Å²) in [6, 6.07) is 15.6. The van der Waals surface area contributed by atoms with Gasteiger partial charge in [0.1, 0.15) is 9.84 Å². The van der Waals surface area contributed by atoms with Crippen molar-refractivity contribution < 1.29 is 13.2 Å². The monoisotopic (exact) mass is 346 g/mol. The minimum Gasteiger partial charge on any atom is -0.330 e. The lowest BCUT2D eigenvalue weighted by Crippen LogP contribution is -2.36. The second-order valence-electron chi connectivity index (χ2n) is 5.66. The Bertz CT molecular complexity index is 789. The first-order valence-electron chi connectivity index (χ1n) is 7.77. The molecule has 2 aromatic rings. The molecule has 0 aliphatic carbocycles. The predicted molar refractivity (Wildman–Crippen MR) is 96.9 cm³/mol. The summed E-state index contributed by atoms with van der Waals surface area (Å²) >= 11 is 0. The van der Waals surface area contributed by atoms with E-state index in [1.165, 1.54) is 0 Å². The van der Waals surface area contributed by atoms with Crippen molar-refractivity contribution in [3.63, 3.8) is 0 Å². The number of hydrogen-bond donors (Lipinski definition) is 2. The first-order valence-corrected chi connectivity index (χ1v) is 9.83. The summed E-state index contributed by atoms with van der Waals surface area (Å²) in [6.07, 6.45) is 1.96. The Balaban J connectivity index is 2.15. The van der Waals surface area contributed by atoms with Crippen molar-refractivity contribution in [2.24, 2.45) is 0 Å². The number of urea groups is 1. The Kier molecular flexibility index (Phi) is 5.98. The summed E-state index contributed by atoms with van der Waals surface area (Å²) in [5.41, 5.74) is 2.50. The molecule has 2 rings (SSSR count). The van der Waals surface area contributed by atoms with Crippen molar-refractivity contribution in [2.75, 3.05) is 17.3 Å². The Labute approximate surface area is 143 Å². The van der Waals surface area contributed by atoms with E-state index in [1.54, 1.807) is 12.1 Å². The zero-order valence-corrected chi connectivity index (χ0v) is 14.6. The fourth-order valence-electron chi connectivity index (χ4n) is 2.48. The number of amides is 2. The lowest BCUT2D eigenvalue weighted by molar-refractivity contribution is 0.249. The van der Waals surface area contributed by atoms with Crippen LogP contribution in [0.5, 0.6) is 0 Å². The number of nitrogens with one attached hydrogen (secondary N) is 2. The maximum atomic E-state index is 12.3. The molecule has 2 N–H and O–H groups in total. The third kappa shape index (κ3) is 5.38. The molecular weight excluding hydrogens is 324 g/mol. The van der Waals surface area contributed by atoms with E-state index >= 15 is 0 Å². The Morgan fingerprint density at radius 3 is 2.29 bits per heavy atom. The van der Waals surface area contributed by atoms with Crippen LogP contribution in [0.2, 0.25) is 0 Å². The van der Waals surface area contributed by atoms with Gasteiger partial charge >= 0.3 is 6.03 Å². The summed E-state index contributed by atoms with van der Waals surface area (Å²) in [4.78, 5) is 12.3. The van der Waals surface area contributed by atoms with E-state index in [0.717, 1.165) is 29.5 Å². The number of aryl methyl sites for hydroxylation is 1.